The van der Waals surface area contributed by atoms with Gasteiger partial charge in [0.2, 0.25) is 10.0 Å². The molecule has 0 aromatic heterocycles. The summed E-state index contributed by atoms with van der Waals surface area (Å²) >= 11 is 6.40. The van der Waals surface area contributed by atoms with Gasteiger partial charge in [0, 0.05) is 18.7 Å². The first-order valence-electron chi connectivity index (χ1n) is 9.76. The third-order valence-corrected chi connectivity index (χ3v) is 6.62. The van der Waals surface area contributed by atoms with Crippen LogP contribution in [0.15, 0.2) is 45.5 Å². The highest BCUT2D eigenvalue weighted by atomic mass is 35.5. The van der Waals surface area contributed by atoms with Crippen LogP contribution in [-0.2, 0) is 10.0 Å². The van der Waals surface area contributed by atoms with Gasteiger partial charge in [-0.25, -0.2) is 13.4 Å². The van der Waals surface area contributed by atoms with Crippen molar-refractivity contribution >= 4 is 50.9 Å². The third-order valence-electron chi connectivity index (χ3n) is 4.77. The Balaban J connectivity index is 1.70. The first kappa shape index (κ1) is 21.3. The topological polar surface area (TPSA) is 113 Å². The fourth-order valence-corrected chi connectivity index (χ4v) is 4.82. The number of hydrogen-bond donors (Lipinski definition) is 1. The molecule has 9 nitrogen and oxygen atoms in total. The van der Waals surface area contributed by atoms with Crippen LogP contribution >= 0.6 is 11.6 Å². The van der Waals surface area contributed by atoms with Crippen molar-refractivity contribution in [3.05, 3.63) is 45.8 Å². The lowest BCUT2D eigenvalue weighted by Gasteiger charge is -2.29. The molecule has 2 heterocycles. The maximum atomic E-state index is 12.1. The highest BCUT2D eigenvalue weighted by molar-refractivity contribution is 7.92. The minimum Gasteiger partial charge on any atom is -0.453 e. The molecule has 2 aliphatic heterocycles. The number of nitrogens with one attached hydrogen (secondary N) is 1. The molecule has 0 saturated carbocycles. The second kappa shape index (κ2) is 8.64. The zero-order valence-electron chi connectivity index (χ0n) is 16.7. The van der Waals surface area contributed by atoms with Gasteiger partial charge in [-0.2, -0.15) is 0 Å². The van der Waals surface area contributed by atoms with Gasteiger partial charge < -0.3 is 9.64 Å². The summed E-state index contributed by atoms with van der Waals surface area (Å²) < 4.78 is 32.6. The Hall–Kier alpha value is -2.98. The van der Waals surface area contributed by atoms with Crippen molar-refractivity contribution in [2.45, 2.75) is 19.8 Å². The van der Waals surface area contributed by atoms with E-state index >= 15 is 0 Å². The first-order chi connectivity index (χ1) is 14.9. The Bertz CT molecular complexity index is 1200. The molecule has 4 rings (SSSR count). The summed E-state index contributed by atoms with van der Waals surface area (Å²) in [4.78, 5) is 22.3. The lowest BCUT2D eigenvalue weighted by molar-refractivity contribution is 0.484. The standard InChI is InChI=1S/C20H20ClN5O4S/c1-2-10-31(28,29)25-16-6-7-17(24-27)19(18(16)21)30-13-4-5-15-14(11-13)20-22-8-3-9-26(20)12-23-15/h4-7,11-12,25H,2-3,8-10H2,1H3. The highest BCUT2D eigenvalue weighted by Crippen LogP contribution is 2.44. The number of benzene rings is 2. The number of rotatable bonds is 7. The summed E-state index contributed by atoms with van der Waals surface area (Å²) in [5.74, 6) is 1.11. The molecule has 0 saturated heterocycles. The summed E-state index contributed by atoms with van der Waals surface area (Å²) in [6, 6.07) is 7.98. The van der Waals surface area contributed by atoms with Gasteiger partial charge >= 0.3 is 0 Å². The van der Waals surface area contributed by atoms with E-state index in [1.807, 2.05) is 4.90 Å². The smallest absolute Gasteiger partial charge is 0.232 e. The molecule has 162 valence electrons. The van der Waals surface area contributed by atoms with Crippen LogP contribution in [-0.4, -0.2) is 44.3 Å². The van der Waals surface area contributed by atoms with Gasteiger partial charge in [-0.15, -0.1) is 4.91 Å². The van der Waals surface area contributed by atoms with E-state index in [-0.39, 0.29) is 27.9 Å². The van der Waals surface area contributed by atoms with E-state index in [9.17, 15) is 13.3 Å². The molecule has 0 bridgehead atoms. The number of anilines is 1. The molecule has 2 aromatic carbocycles. The van der Waals surface area contributed by atoms with E-state index in [1.165, 1.54) is 12.1 Å². The Labute approximate surface area is 184 Å². The Morgan fingerprint density at radius 2 is 2.13 bits per heavy atom. The monoisotopic (exact) mass is 461 g/mol. The van der Waals surface area contributed by atoms with Gasteiger partial charge in [0.15, 0.2) is 11.4 Å². The van der Waals surface area contributed by atoms with Gasteiger partial charge in [-0.3, -0.25) is 9.71 Å². The average molecular weight is 462 g/mol. The quantitative estimate of drug-likeness (QED) is 0.594. The Morgan fingerprint density at radius 3 is 2.90 bits per heavy atom. The number of hydrogen-bond acceptors (Lipinski definition) is 8. The van der Waals surface area contributed by atoms with Gasteiger partial charge in [0.25, 0.3) is 0 Å². The number of nitroso groups, excluding NO2 is 1. The predicted octanol–water partition coefficient (Wildman–Crippen LogP) is 4.81. The molecular formula is C20H20ClN5O4S. The summed E-state index contributed by atoms with van der Waals surface area (Å²) in [5.41, 5.74) is 1.63. The predicted molar refractivity (Wildman–Crippen MR) is 122 cm³/mol. The fourth-order valence-electron chi connectivity index (χ4n) is 3.38. The molecule has 0 unspecified atom stereocenters. The Kier molecular flexibility index (Phi) is 5.92. The minimum atomic E-state index is -3.58. The van der Waals surface area contributed by atoms with E-state index in [2.05, 4.69) is 19.9 Å². The van der Waals surface area contributed by atoms with Crippen molar-refractivity contribution < 1.29 is 13.2 Å². The second-order valence-electron chi connectivity index (χ2n) is 7.07. The highest BCUT2D eigenvalue weighted by Gasteiger charge is 2.24. The Morgan fingerprint density at radius 1 is 1.29 bits per heavy atom. The molecule has 0 aliphatic carbocycles. The van der Waals surface area contributed by atoms with Gasteiger partial charge in [0.05, 0.1) is 23.5 Å². The van der Waals surface area contributed by atoms with Crippen molar-refractivity contribution in [1.82, 2.24) is 4.90 Å². The van der Waals surface area contributed by atoms with Crippen molar-refractivity contribution in [2.75, 3.05) is 23.6 Å². The summed E-state index contributed by atoms with van der Waals surface area (Å²) in [6.07, 6.45) is 3.16. The number of halogens is 1. The molecule has 11 heteroatoms. The van der Waals surface area contributed by atoms with Crippen LogP contribution in [0.25, 0.3) is 0 Å². The SMILES string of the molecule is CCCS(=O)(=O)Nc1ccc(N=O)c(Oc2ccc3c(c2)C2=NCCCN2C=N3)c1Cl. The molecule has 1 N–H and O–H groups in total. The molecule has 2 aromatic rings. The van der Waals surface area contributed by atoms with Crippen molar-refractivity contribution in [1.29, 1.82) is 0 Å². The first-order valence-corrected chi connectivity index (χ1v) is 11.8. The number of fused-ring (bicyclic) bond motifs is 3. The molecule has 0 radical (unpaired) electrons. The zero-order chi connectivity index (χ0) is 22.0. The summed E-state index contributed by atoms with van der Waals surface area (Å²) in [7, 11) is -3.58. The second-order valence-corrected chi connectivity index (χ2v) is 9.29. The molecule has 31 heavy (non-hydrogen) atoms. The zero-order valence-corrected chi connectivity index (χ0v) is 18.3. The number of sulfonamides is 1. The van der Waals surface area contributed by atoms with Gasteiger partial charge in [0.1, 0.15) is 16.6 Å². The number of amidine groups is 1. The van der Waals surface area contributed by atoms with Crippen LogP contribution in [0.1, 0.15) is 25.3 Å². The molecule has 2 aliphatic rings. The van der Waals surface area contributed by atoms with E-state index in [4.69, 9.17) is 16.3 Å². The molecule has 0 amide bonds. The number of ether oxygens (including phenoxy) is 1. The maximum absolute atomic E-state index is 12.1. The summed E-state index contributed by atoms with van der Waals surface area (Å²) in [5, 5.41) is 2.91. The minimum absolute atomic E-state index is 0.0323. The third kappa shape index (κ3) is 4.40. The normalized spacial score (nSPS) is 15.0. The van der Waals surface area contributed by atoms with Crippen LogP contribution < -0.4 is 9.46 Å². The van der Waals surface area contributed by atoms with Crippen LogP contribution in [0.3, 0.4) is 0 Å². The lowest BCUT2D eigenvalue weighted by Crippen LogP contribution is -2.36. The molecule has 0 spiro atoms. The van der Waals surface area contributed by atoms with Gasteiger partial charge in [-0.1, -0.05) is 18.5 Å². The van der Waals surface area contributed by atoms with Crippen LogP contribution in [0, 0.1) is 4.91 Å². The maximum Gasteiger partial charge on any atom is 0.232 e. The van der Waals surface area contributed by atoms with Gasteiger partial charge in [-0.05, 0) is 48.4 Å². The average Bonchev–Trinajstić information content (AvgIpc) is 2.76. The van der Waals surface area contributed by atoms with Crippen LogP contribution in [0.4, 0.5) is 17.1 Å². The van der Waals surface area contributed by atoms with Crippen molar-refractivity contribution in [2.24, 2.45) is 15.2 Å². The van der Waals surface area contributed by atoms with Crippen LogP contribution in [0.5, 0.6) is 11.5 Å². The number of aliphatic imine (C=N–C) groups is 2. The molecule has 0 atom stereocenters. The largest absolute Gasteiger partial charge is 0.453 e. The van der Waals surface area contributed by atoms with E-state index in [0.717, 1.165) is 36.6 Å². The van der Waals surface area contributed by atoms with E-state index in [0.29, 0.717) is 12.2 Å². The van der Waals surface area contributed by atoms with Crippen molar-refractivity contribution in [3.8, 4) is 11.5 Å². The van der Waals surface area contributed by atoms with Crippen LogP contribution in [0.2, 0.25) is 5.02 Å². The lowest BCUT2D eigenvalue weighted by atomic mass is 10.1. The fraction of sp³-hybridized carbons (Fsp3) is 0.300. The summed E-state index contributed by atoms with van der Waals surface area (Å²) in [6.45, 7) is 3.32. The number of nitrogens with zero attached hydrogens (tertiary/aromatic N) is 4. The molecular weight excluding hydrogens is 442 g/mol. The van der Waals surface area contributed by atoms with E-state index in [1.54, 1.807) is 31.5 Å². The van der Waals surface area contributed by atoms with E-state index < -0.39 is 10.0 Å². The molecule has 0 fully saturated rings. The van der Waals surface area contributed by atoms with Crippen molar-refractivity contribution in [3.63, 3.8) is 0 Å².